The van der Waals surface area contributed by atoms with Crippen LogP contribution >= 0.6 is 0 Å². The number of unbranched alkanes of at least 4 members (excludes halogenated alkanes) is 1. The first-order valence-electron chi connectivity index (χ1n) is 13.3. The summed E-state index contributed by atoms with van der Waals surface area (Å²) in [7, 11) is -2.75. The average molecular weight is 539 g/mol. The van der Waals surface area contributed by atoms with Gasteiger partial charge in [0.2, 0.25) is 11.8 Å². The van der Waals surface area contributed by atoms with E-state index in [0.717, 1.165) is 12.8 Å². The summed E-state index contributed by atoms with van der Waals surface area (Å²) in [6, 6.07) is 2.69. The van der Waals surface area contributed by atoms with E-state index < -0.39 is 20.0 Å². The molecule has 0 spiro atoms. The quantitative estimate of drug-likeness (QED) is 0.0962. The van der Waals surface area contributed by atoms with Crippen molar-refractivity contribution in [2.45, 2.75) is 104 Å². The number of hydrogen-bond donors (Lipinski definition) is 2. The van der Waals surface area contributed by atoms with Crippen LogP contribution in [0.25, 0.3) is 4.85 Å². The van der Waals surface area contributed by atoms with Gasteiger partial charge in [-0.3, -0.25) is 14.4 Å². The predicted octanol–water partition coefficient (Wildman–Crippen LogP) is 4.39. The molecule has 0 saturated heterocycles. The molecule has 0 aliphatic rings. The summed E-state index contributed by atoms with van der Waals surface area (Å²) in [5.74, 6) is -0.341. The zero-order valence-electron chi connectivity index (χ0n) is 23.5. The number of nitrogens with zero attached hydrogens (tertiary/aromatic N) is 4. The second-order valence-electron chi connectivity index (χ2n) is 9.05. The van der Waals surface area contributed by atoms with E-state index in [0.29, 0.717) is 45.4 Å². The van der Waals surface area contributed by atoms with Gasteiger partial charge in [0.25, 0.3) is 0 Å². The van der Waals surface area contributed by atoms with Crippen LogP contribution in [-0.2, 0) is 22.9 Å². The highest BCUT2D eigenvalue weighted by Crippen LogP contribution is 2.25. The lowest BCUT2D eigenvalue weighted by molar-refractivity contribution is -0.122. The minimum Gasteiger partial charge on any atom is -0.374 e. The molecule has 0 aromatic carbocycles. The Labute approximate surface area is 223 Å². The molecule has 0 aliphatic heterocycles. The molecule has 0 bridgehead atoms. The van der Waals surface area contributed by atoms with Gasteiger partial charge in [-0.15, -0.1) is 5.11 Å². The fraction of sp³-hybridized carbons (Fsp3) is 0.840. The van der Waals surface area contributed by atoms with E-state index in [-0.39, 0.29) is 37.5 Å². The molecule has 0 aromatic rings. The van der Waals surface area contributed by atoms with Crippen molar-refractivity contribution < 1.29 is 22.9 Å². The van der Waals surface area contributed by atoms with Crippen molar-refractivity contribution in [2.75, 3.05) is 32.9 Å². The molecular weight excluding hydrogens is 492 g/mol. The highest BCUT2D eigenvalue weighted by molar-refractivity contribution is 6.60. The molecule has 0 rings (SSSR count). The van der Waals surface area contributed by atoms with Gasteiger partial charge >= 0.3 is 14.5 Å². The number of azo groups is 1. The molecule has 0 aliphatic carbocycles. The zero-order chi connectivity index (χ0) is 28.2. The predicted molar refractivity (Wildman–Crippen MR) is 143 cm³/mol. The van der Waals surface area contributed by atoms with E-state index in [1.807, 2.05) is 27.7 Å². The highest BCUT2D eigenvalue weighted by Gasteiger charge is 2.39. The van der Waals surface area contributed by atoms with Gasteiger partial charge in [-0.2, -0.15) is 10.4 Å². The lowest BCUT2D eigenvalue weighted by atomic mass is 9.98. The number of carbonyl (C=O) groups is 2. The Morgan fingerprint density at radius 2 is 1.43 bits per heavy atom. The van der Waals surface area contributed by atoms with E-state index in [2.05, 4.69) is 31.8 Å². The van der Waals surface area contributed by atoms with Crippen molar-refractivity contribution >= 4 is 20.6 Å². The minimum absolute atomic E-state index is 0.0859. The van der Waals surface area contributed by atoms with Crippen LogP contribution in [0.5, 0.6) is 0 Å². The molecule has 2 atom stereocenters. The minimum atomic E-state index is -2.75. The Hall–Kier alpha value is -2.38. The van der Waals surface area contributed by atoms with Crippen molar-refractivity contribution in [1.29, 1.82) is 5.26 Å². The third-order valence-electron chi connectivity index (χ3n) is 5.56. The van der Waals surface area contributed by atoms with Gasteiger partial charge in [-0.05, 0) is 47.0 Å². The molecule has 0 aromatic heterocycles. The number of rotatable bonds is 21. The maximum absolute atomic E-state index is 12.4. The van der Waals surface area contributed by atoms with Gasteiger partial charge in [0.15, 0.2) is 5.54 Å². The molecule has 2 unspecified atom stereocenters. The molecule has 0 heterocycles. The summed E-state index contributed by atoms with van der Waals surface area (Å²) in [6.07, 6.45) is 3.10. The summed E-state index contributed by atoms with van der Waals surface area (Å²) in [6.45, 7) is 20.9. The first-order chi connectivity index (χ1) is 17.6. The van der Waals surface area contributed by atoms with Crippen LogP contribution in [-0.4, -0.2) is 64.7 Å². The number of hydrogen-bond acceptors (Lipinski definition) is 8. The van der Waals surface area contributed by atoms with Crippen molar-refractivity contribution in [3.8, 4) is 6.07 Å². The number of nitriles is 1. The van der Waals surface area contributed by atoms with Crippen molar-refractivity contribution in [3.05, 3.63) is 11.4 Å². The molecular formula is C25H46N6O5Si. The van der Waals surface area contributed by atoms with Crippen LogP contribution in [0.15, 0.2) is 10.2 Å². The SMILES string of the molecule is [C-]#[N+]C(C)(CCC(=O)NCCCC)N=NC(C)(C#N)CCC(=O)NCCC[Si](OCC)(OCC)OCC. The van der Waals surface area contributed by atoms with Crippen LogP contribution in [0.2, 0.25) is 6.04 Å². The maximum atomic E-state index is 12.4. The van der Waals surface area contributed by atoms with Crippen LogP contribution in [0.1, 0.15) is 86.5 Å². The first kappa shape index (κ1) is 34.6. The Morgan fingerprint density at radius 1 is 0.919 bits per heavy atom. The summed E-state index contributed by atoms with van der Waals surface area (Å²) >= 11 is 0. The van der Waals surface area contributed by atoms with Crippen molar-refractivity contribution in [3.63, 3.8) is 0 Å². The van der Waals surface area contributed by atoms with Crippen molar-refractivity contribution in [2.24, 2.45) is 10.2 Å². The smallest absolute Gasteiger partial charge is 0.374 e. The summed E-state index contributed by atoms with van der Waals surface area (Å²) in [5.41, 5.74) is -2.51. The third-order valence-corrected chi connectivity index (χ3v) is 8.71. The molecule has 0 radical (unpaired) electrons. The first-order valence-corrected chi connectivity index (χ1v) is 15.2. The number of amides is 2. The van der Waals surface area contributed by atoms with Crippen LogP contribution in [0.4, 0.5) is 0 Å². The van der Waals surface area contributed by atoms with Gasteiger partial charge < -0.3 is 23.9 Å². The van der Waals surface area contributed by atoms with Crippen LogP contribution < -0.4 is 10.6 Å². The Kier molecular flexibility index (Phi) is 17.6. The lowest BCUT2D eigenvalue weighted by Crippen LogP contribution is -2.46. The molecule has 2 N–H and O–H groups in total. The standard InChI is InChI=1S/C25H46N6O5Si/c1-8-12-18-28-23(33)15-17-25(6,27-7)31-30-24(5,21-26)16-14-22(32)29-19-13-20-37(34-9-2,35-10-3)36-11-4/h8-20H2,1-6H3,(H,28,33)(H,29,32). The summed E-state index contributed by atoms with van der Waals surface area (Å²) < 4.78 is 17.5. The van der Waals surface area contributed by atoms with E-state index in [9.17, 15) is 14.9 Å². The van der Waals surface area contributed by atoms with E-state index in [1.165, 1.54) is 0 Å². The highest BCUT2D eigenvalue weighted by atomic mass is 28.4. The Morgan fingerprint density at radius 3 is 1.89 bits per heavy atom. The monoisotopic (exact) mass is 538 g/mol. The zero-order valence-corrected chi connectivity index (χ0v) is 24.5. The topological polar surface area (TPSA) is 139 Å². The van der Waals surface area contributed by atoms with Gasteiger partial charge in [-0.25, -0.2) is 6.57 Å². The van der Waals surface area contributed by atoms with Gasteiger partial charge in [0.1, 0.15) is 0 Å². The summed E-state index contributed by atoms with van der Waals surface area (Å²) in [5, 5.41) is 23.6. The number of carbonyl (C=O) groups excluding carboxylic acids is 2. The molecule has 0 saturated carbocycles. The molecule has 11 nitrogen and oxygen atoms in total. The van der Waals surface area contributed by atoms with E-state index >= 15 is 0 Å². The third kappa shape index (κ3) is 14.8. The normalized spacial score (nSPS) is 14.8. The molecule has 2 amide bonds. The maximum Gasteiger partial charge on any atom is 0.500 e. The fourth-order valence-electron chi connectivity index (χ4n) is 3.30. The van der Waals surface area contributed by atoms with E-state index in [1.54, 1.807) is 13.8 Å². The molecule has 210 valence electrons. The molecule has 37 heavy (non-hydrogen) atoms. The second kappa shape index (κ2) is 18.8. The number of nitrogens with one attached hydrogen (secondary N) is 2. The lowest BCUT2D eigenvalue weighted by Gasteiger charge is -2.28. The fourth-order valence-corrected chi connectivity index (χ4v) is 5.91. The van der Waals surface area contributed by atoms with Crippen LogP contribution in [0.3, 0.4) is 0 Å². The van der Waals surface area contributed by atoms with Crippen LogP contribution in [0, 0.1) is 17.9 Å². The Bertz CT molecular complexity index is 782. The largest absolute Gasteiger partial charge is 0.500 e. The second-order valence-corrected chi connectivity index (χ2v) is 11.8. The average Bonchev–Trinajstić information content (AvgIpc) is 2.88. The van der Waals surface area contributed by atoms with Gasteiger partial charge in [0.05, 0.1) is 12.5 Å². The van der Waals surface area contributed by atoms with Crippen molar-refractivity contribution in [1.82, 2.24) is 10.6 Å². The molecule has 0 fully saturated rings. The van der Waals surface area contributed by atoms with Gasteiger partial charge in [0, 0.05) is 58.7 Å². The summed E-state index contributed by atoms with van der Waals surface area (Å²) in [4.78, 5) is 27.9. The van der Waals surface area contributed by atoms with E-state index in [4.69, 9.17) is 19.9 Å². The Balaban J connectivity index is 4.77. The van der Waals surface area contributed by atoms with Gasteiger partial charge in [-0.1, -0.05) is 13.3 Å². The molecule has 12 heteroatoms.